The van der Waals surface area contributed by atoms with E-state index in [0.717, 1.165) is 0 Å². The van der Waals surface area contributed by atoms with Crippen LogP contribution in [0.25, 0.3) is 11.1 Å². The van der Waals surface area contributed by atoms with Crippen molar-refractivity contribution in [2.45, 2.75) is 6.54 Å². The smallest absolute Gasteiger partial charge is 0.317 e. The molecule has 0 aromatic heterocycles. The Morgan fingerprint density at radius 3 is 2.50 bits per heavy atom. The largest absolute Gasteiger partial charge is 0.508 e. The Morgan fingerprint density at radius 2 is 1.85 bits per heavy atom. The zero-order valence-electron chi connectivity index (χ0n) is 10.6. The Hall–Kier alpha value is -2.40. The summed E-state index contributed by atoms with van der Waals surface area (Å²) in [4.78, 5) is 10.4. The summed E-state index contributed by atoms with van der Waals surface area (Å²) in [5.41, 5.74) is 1.47. The Morgan fingerprint density at radius 1 is 1.15 bits per heavy atom. The van der Waals surface area contributed by atoms with Crippen LogP contribution in [0.1, 0.15) is 5.56 Å². The first-order chi connectivity index (χ1) is 9.58. The first-order valence-corrected chi connectivity index (χ1v) is 6.07. The fraction of sp³-hybridized carbons (Fsp3) is 0.133. The van der Waals surface area contributed by atoms with Crippen LogP contribution < -0.4 is 5.32 Å². The number of nitrogens with one attached hydrogen (secondary N) is 1. The van der Waals surface area contributed by atoms with E-state index in [1.807, 2.05) is 0 Å². The molecule has 0 spiro atoms. The molecule has 0 unspecified atom stereocenters. The van der Waals surface area contributed by atoms with Gasteiger partial charge in [-0.25, -0.2) is 4.39 Å². The number of aliphatic carboxylic acids is 1. The highest BCUT2D eigenvalue weighted by Gasteiger charge is 2.10. The summed E-state index contributed by atoms with van der Waals surface area (Å²) >= 11 is 0. The maximum absolute atomic E-state index is 14.3. The van der Waals surface area contributed by atoms with Crippen molar-refractivity contribution in [3.05, 3.63) is 53.8 Å². The van der Waals surface area contributed by atoms with Crippen LogP contribution in [0.3, 0.4) is 0 Å². The molecule has 5 heteroatoms. The second kappa shape index (κ2) is 6.16. The molecule has 0 heterocycles. The molecule has 0 fully saturated rings. The predicted octanol–water partition coefficient (Wildman–Crippen LogP) is 2.37. The molecule has 2 rings (SSSR count). The molecule has 0 atom stereocenters. The van der Waals surface area contributed by atoms with Crippen molar-refractivity contribution in [3.8, 4) is 16.9 Å². The van der Waals surface area contributed by atoms with E-state index in [0.29, 0.717) is 16.7 Å². The highest BCUT2D eigenvalue weighted by molar-refractivity contribution is 5.69. The molecule has 3 N–H and O–H groups in total. The van der Waals surface area contributed by atoms with Gasteiger partial charge in [0.1, 0.15) is 11.6 Å². The molecule has 4 nitrogen and oxygen atoms in total. The topological polar surface area (TPSA) is 69.6 Å². The van der Waals surface area contributed by atoms with Gasteiger partial charge in [0.25, 0.3) is 0 Å². The number of hydrogen-bond donors (Lipinski definition) is 3. The first-order valence-electron chi connectivity index (χ1n) is 6.07. The van der Waals surface area contributed by atoms with Crippen LogP contribution in [-0.4, -0.2) is 22.7 Å². The van der Waals surface area contributed by atoms with E-state index >= 15 is 0 Å². The third-order valence-corrected chi connectivity index (χ3v) is 2.85. The van der Waals surface area contributed by atoms with Crippen LogP contribution in [0.2, 0.25) is 0 Å². The van der Waals surface area contributed by atoms with Gasteiger partial charge in [0, 0.05) is 17.7 Å². The number of halogens is 1. The third kappa shape index (κ3) is 3.33. The maximum atomic E-state index is 14.3. The average molecular weight is 275 g/mol. The zero-order chi connectivity index (χ0) is 14.5. The standard InChI is InChI=1S/C15H14FNO3/c16-15-11(8-17-9-14(19)20)2-1-3-13(15)10-4-6-12(18)7-5-10/h1-7,17-18H,8-9H2,(H,19,20). The van der Waals surface area contributed by atoms with Crippen molar-refractivity contribution in [3.63, 3.8) is 0 Å². The lowest BCUT2D eigenvalue weighted by molar-refractivity contribution is -0.136. The Bertz CT molecular complexity index is 611. The summed E-state index contributed by atoms with van der Waals surface area (Å²) in [6.07, 6.45) is 0. The second-order valence-electron chi connectivity index (χ2n) is 4.32. The lowest BCUT2D eigenvalue weighted by atomic mass is 10.0. The molecule has 0 bridgehead atoms. The van der Waals surface area contributed by atoms with Crippen molar-refractivity contribution < 1.29 is 19.4 Å². The Labute approximate surface area is 115 Å². The number of benzene rings is 2. The lowest BCUT2D eigenvalue weighted by Crippen LogP contribution is -2.22. The third-order valence-electron chi connectivity index (χ3n) is 2.85. The van der Waals surface area contributed by atoms with Crippen molar-refractivity contribution in [1.82, 2.24) is 5.32 Å². The molecule has 0 amide bonds. The maximum Gasteiger partial charge on any atom is 0.317 e. The Balaban J connectivity index is 2.22. The molecular formula is C15H14FNO3. The van der Waals surface area contributed by atoms with E-state index in [9.17, 15) is 14.3 Å². The molecule has 0 radical (unpaired) electrons. The summed E-state index contributed by atoms with van der Waals surface area (Å²) in [6.45, 7) is -0.0765. The van der Waals surface area contributed by atoms with Crippen molar-refractivity contribution in [1.29, 1.82) is 0 Å². The van der Waals surface area contributed by atoms with Gasteiger partial charge in [-0.1, -0.05) is 30.3 Å². The molecule has 0 aliphatic heterocycles. The molecule has 0 saturated carbocycles. The number of carbonyl (C=O) groups is 1. The van der Waals surface area contributed by atoms with Crippen LogP contribution in [-0.2, 0) is 11.3 Å². The Kier molecular flexibility index (Phi) is 4.32. The molecule has 20 heavy (non-hydrogen) atoms. The number of carboxylic acid groups (broad SMARTS) is 1. The van der Waals surface area contributed by atoms with E-state index in [4.69, 9.17) is 5.11 Å². The number of phenols is 1. The van der Waals surface area contributed by atoms with Crippen LogP contribution in [0, 0.1) is 5.82 Å². The van der Waals surface area contributed by atoms with Crippen LogP contribution >= 0.6 is 0 Å². The van der Waals surface area contributed by atoms with Crippen molar-refractivity contribution in [2.24, 2.45) is 0 Å². The molecule has 2 aromatic carbocycles. The predicted molar refractivity (Wildman–Crippen MR) is 72.8 cm³/mol. The van der Waals surface area contributed by atoms with E-state index in [1.165, 1.54) is 12.1 Å². The van der Waals surface area contributed by atoms with Crippen molar-refractivity contribution in [2.75, 3.05) is 6.54 Å². The van der Waals surface area contributed by atoms with Gasteiger partial charge in [0.15, 0.2) is 0 Å². The van der Waals surface area contributed by atoms with Gasteiger partial charge >= 0.3 is 5.97 Å². The lowest BCUT2D eigenvalue weighted by Gasteiger charge is -2.09. The number of rotatable bonds is 5. The second-order valence-corrected chi connectivity index (χ2v) is 4.32. The number of aromatic hydroxyl groups is 1. The number of phenolic OH excluding ortho intramolecular Hbond substituents is 1. The SMILES string of the molecule is O=C(O)CNCc1cccc(-c2ccc(O)cc2)c1F. The fourth-order valence-corrected chi connectivity index (χ4v) is 1.88. The van der Waals surface area contributed by atoms with Gasteiger partial charge in [-0.15, -0.1) is 0 Å². The zero-order valence-corrected chi connectivity index (χ0v) is 10.6. The van der Waals surface area contributed by atoms with E-state index in [1.54, 1.807) is 30.3 Å². The van der Waals surface area contributed by atoms with Gasteiger partial charge in [0.05, 0.1) is 6.54 Å². The molecule has 104 valence electrons. The average Bonchev–Trinajstić information content (AvgIpc) is 2.41. The normalized spacial score (nSPS) is 10.4. The minimum Gasteiger partial charge on any atom is -0.508 e. The quantitative estimate of drug-likeness (QED) is 0.783. The van der Waals surface area contributed by atoms with Crippen LogP contribution in [0.15, 0.2) is 42.5 Å². The van der Waals surface area contributed by atoms with E-state index in [2.05, 4.69) is 5.32 Å². The van der Waals surface area contributed by atoms with Gasteiger partial charge in [-0.2, -0.15) is 0 Å². The summed E-state index contributed by atoms with van der Waals surface area (Å²) in [5, 5.41) is 20.4. The van der Waals surface area contributed by atoms with Crippen LogP contribution in [0.5, 0.6) is 5.75 Å². The molecule has 0 aliphatic carbocycles. The summed E-state index contributed by atoms with van der Waals surface area (Å²) in [5.74, 6) is -1.26. The van der Waals surface area contributed by atoms with Gasteiger partial charge < -0.3 is 15.5 Å². The minimum atomic E-state index is -0.986. The molecule has 2 aromatic rings. The highest BCUT2D eigenvalue weighted by Crippen LogP contribution is 2.26. The van der Waals surface area contributed by atoms with E-state index in [-0.39, 0.29) is 18.8 Å². The number of hydrogen-bond acceptors (Lipinski definition) is 3. The summed E-state index contributed by atoms with van der Waals surface area (Å²) < 4.78 is 14.3. The van der Waals surface area contributed by atoms with Gasteiger partial charge in [-0.3, -0.25) is 4.79 Å². The minimum absolute atomic E-state index is 0.119. The summed E-state index contributed by atoms with van der Waals surface area (Å²) in [7, 11) is 0. The van der Waals surface area contributed by atoms with Gasteiger partial charge in [0.2, 0.25) is 0 Å². The molecular weight excluding hydrogens is 261 g/mol. The molecule has 0 saturated heterocycles. The summed E-state index contributed by atoms with van der Waals surface area (Å²) in [6, 6.07) is 11.2. The van der Waals surface area contributed by atoms with Crippen molar-refractivity contribution >= 4 is 5.97 Å². The highest BCUT2D eigenvalue weighted by atomic mass is 19.1. The van der Waals surface area contributed by atoms with E-state index < -0.39 is 11.8 Å². The molecule has 0 aliphatic rings. The fourth-order valence-electron chi connectivity index (χ4n) is 1.88. The van der Waals surface area contributed by atoms with Gasteiger partial charge in [-0.05, 0) is 17.7 Å². The monoisotopic (exact) mass is 275 g/mol. The van der Waals surface area contributed by atoms with Crippen LogP contribution in [0.4, 0.5) is 4.39 Å². The number of carboxylic acids is 1. The first kappa shape index (κ1) is 14.0.